The predicted octanol–water partition coefficient (Wildman–Crippen LogP) is 2.72. The van der Waals surface area contributed by atoms with Gasteiger partial charge in [-0.05, 0) is 55.5 Å². The fraction of sp³-hybridized carbons (Fsp3) is 0.571. The number of piperidine rings is 1. The molecule has 1 heterocycles. The fourth-order valence-electron chi connectivity index (χ4n) is 2.64. The van der Waals surface area contributed by atoms with Crippen LogP contribution in [0.25, 0.3) is 0 Å². The van der Waals surface area contributed by atoms with E-state index in [9.17, 15) is 0 Å². The molecule has 1 aromatic carbocycles. The summed E-state index contributed by atoms with van der Waals surface area (Å²) in [5.41, 5.74) is 2.71. The lowest BCUT2D eigenvalue weighted by molar-refractivity contribution is 0.349. The Hall–Kier alpha value is -1.02. The van der Waals surface area contributed by atoms with E-state index in [1.807, 2.05) is 0 Å². The summed E-state index contributed by atoms with van der Waals surface area (Å²) < 4.78 is 5.30. The minimum atomic E-state index is 0.700. The van der Waals surface area contributed by atoms with Crippen molar-refractivity contribution in [3.63, 3.8) is 0 Å². The van der Waals surface area contributed by atoms with E-state index < -0.39 is 0 Å². The van der Waals surface area contributed by atoms with Gasteiger partial charge in [0.2, 0.25) is 0 Å². The van der Waals surface area contributed by atoms with Crippen LogP contribution in [0.4, 0.5) is 0 Å². The normalized spacial score (nSPS) is 25.4. The molecule has 2 nitrogen and oxygen atoms in total. The molecule has 16 heavy (non-hydrogen) atoms. The van der Waals surface area contributed by atoms with Crippen LogP contribution in [0.1, 0.15) is 30.4 Å². The lowest BCUT2D eigenvalue weighted by atomic mass is 9.82. The van der Waals surface area contributed by atoms with Crippen LogP contribution in [0.3, 0.4) is 0 Å². The molecule has 1 aliphatic rings. The van der Waals surface area contributed by atoms with Crippen LogP contribution >= 0.6 is 0 Å². The molecule has 0 bridgehead atoms. The average molecular weight is 219 g/mol. The number of nitrogens with one attached hydrogen (secondary N) is 1. The highest BCUT2D eigenvalue weighted by atomic mass is 16.5. The van der Waals surface area contributed by atoms with Gasteiger partial charge in [0.15, 0.2) is 0 Å². The summed E-state index contributed by atoms with van der Waals surface area (Å²) in [5.74, 6) is 2.41. The third kappa shape index (κ3) is 2.22. The topological polar surface area (TPSA) is 21.3 Å². The zero-order valence-electron chi connectivity index (χ0n) is 10.4. The van der Waals surface area contributed by atoms with E-state index in [2.05, 4.69) is 37.4 Å². The Morgan fingerprint density at radius 2 is 2.19 bits per heavy atom. The van der Waals surface area contributed by atoms with Crippen molar-refractivity contribution in [2.24, 2.45) is 5.92 Å². The molecule has 1 aliphatic heterocycles. The Morgan fingerprint density at radius 1 is 1.38 bits per heavy atom. The Balaban J connectivity index is 2.22. The summed E-state index contributed by atoms with van der Waals surface area (Å²) in [6.45, 7) is 6.72. The number of aryl methyl sites for hydroxylation is 1. The zero-order chi connectivity index (χ0) is 11.5. The van der Waals surface area contributed by atoms with Gasteiger partial charge in [-0.15, -0.1) is 0 Å². The van der Waals surface area contributed by atoms with Crippen LogP contribution in [-0.2, 0) is 0 Å². The maximum atomic E-state index is 5.30. The molecule has 2 atom stereocenters. The van der Waals surface area contributed by atoms with Crippen molar-refractivity contribution in [2.75, 3.05) is 20.2 Å². The minimum absolute atomic E-state index is 0.700. The molecule has 1 N–H and O–H groups in total. The first-order valence-corrected chi connectivity index (χ1v) is 6.07. The molecule has 0 spiro atoms. The first kappa shape index (κ1) is 11.5. The molecular formula is C14H21NO. The van der Waals surface area contributed by atoms with Gasteiger partial charge in [-0.25, -0.2) is 0 Å². The summed E-state index contributed by atoms with van der Waals surface area (Å²) in [7, 11) is 1.73. The van der Waals surface area contributed by atoms with Gasteiger partial charge in [0.05, 0.1) is 7.11 Å². The van der Waals surface area contributed by atoms with Crippen molar-refractivity contribution < 1.29 is 4.74 Å². The molecular weight excluding hydrogens is 198 g/mol. The highest BCUT2D eigenvalue weighted by molar-refractivity contribution is 5.37. The quantitative estimate of drug-likeness (QED) is 0.825. The highest BCUT2D eigenvalue weighted by Gasteiger charge is 2.22. The molecule has 0 amide bonds. The lowest BCUT2D eigenvalue weighted by Gasteiger charge is -2.30. The molecule has 0 saturated carbocycles. The van der Waals surface area contributed by atoms with Crippen LogP contribution in [0.15, 0.2) is 18.2 Å². The van der Waals surface area contributed by atoms with Crippen molar-refractivity contribution in [3.05, 3.63) is 29.3 Å². The summed E-state index contributed by atoms with van der Waals surface area (Å²) in [4.78, 5) is 0. The number of ether oxygens (including phenoxy) is 1. The monoisotopic (exact) mass is 219 g/mol. The Morgan fingerprint density at radius 3 is 2.81 bits per heavy atom. The van der Waals surface area contributed by atoms with Crippen LogP contribution in [0.5, 0.6) is 5.75 Å². The number of rotatable bonds is 2. The second-order valence-electron chi connectivity index (χ2n) is 4.81. The molecule has 1 saturated heterocycles. The molecule has 0 aliphatic carbocycles. The van der Waals surface area contributed by atoms with E-state index in [-0.39, 0.29) is 0 Å². The lowest BCUT2D eigenvalue weighted by Crippen LogP contribution is -2.33. The van der Waals surface area contributed by atoms with Gasteiger partial charge in [0.25, 0.3) is 0 Å². The van der Waals surface area contributed by atoms with Crippen molar-refractivity contribution in [2.45, 2.75) is 26.2 Å². The van der Waals surface area contributed by atoms with Crippen molar-refractivity contribution in [1.82, 2.24) is 5.32 Å². The zero-order valence-corrected chi connectivity index (χ0v) is 10.4. The molecule has 2 unspecified atom stereocenters. The first-order chi connectivity index (χ1) is 7.72. The standard InChI is InChI=1S/C14H21NO/c1-10-8-12(4-5-14(10)16-3)13-6-7-15-9-11(13)2/h4-5,8,11,13,15H,6-7,9H2,1-3H3. The SMILES string of the molecule is COc1ccc(C2CCNCC2C)cc1C. The van der Waals surface area contributed by atoms with Gasteiger partial charge in [-0.2, -0.15) is 0 Å². The van der Waals surface area contributed by atoms with Crippen LogP contribution < -0.4 is 10.1 Å². The fourth-order valence-corrected chi connectivity index (χ4v) is 2.64. The van der Waals surface area contributed by atoms with E-state index >= 15 is 0 Å². The van der Waals surface area contributed by atoms with Crippen LogP contribution in [-0.4, -0.2) is 20.2 Å². The minimum Gasteiger partial charge on any atom is -0.496 e. The maximum Gasteiger partial charge on any atom is 0.121 e. The molecule has 1 aromatic rings. The maximum absolute atomic E-state index is 5.30. The van der Waals surface area contributed by atoms with Gasteiger partial charge in [0, 0.05) is 0 Å². The van der Waals surface area contributed by atoms with Gasteiger partial charge in [0.1, 0.15) is 5.75 Å². The third-order valence-corrected chi connectivity index (χ3v) is 3.63. The molecule has 2 heteroatoms. The average Bonchev–Trinajstić information content (AvgIpc) is 2.29. The first-order valence-electron chi connectivity index (χ1n) is 6.07. The Bertz CT molecular complexity index is 362. The highest BCUT2D eigenvalue weighted by Crippen LogP contribution is 2.32. The number of methoxy groups -OCH3 is 1. The van der Waals surface area contributed by atoms with E-state index in [0.29, 0.717) is 5.92 Å². The van der Waals surface area contributed by atoms with E-state index in [1.54, 1.807) is 7.11 Å². The smallest absolute Gasteiger partial charge is 0.121 e. The number of hydrogen-bond acceptors (Lipinski definition) is 2. The molecule has 0 radical (unpaired) electrons. The van der Waals surface area contributed by atoms with Crippen LogP contribution in [0.2, 0.25) is 0 Å². The third-order valence-electron chi connectivity index (χ3n) is 3.63. The predicted molar refractivity (Wildman–Crippen MR) is 67.1 cm³/mol. The van der Waals surface area contributed by atoms with Gasteiger partial charge in [-0.3, -0.25) is 0 Å². The second kappa shape index (κ2) is 4.88. The van der Waals surface area contributed by atoms with E-state index in [0.717, 1.165) is 24.8 Å². The number of benzene rings is 1. The summed E-state index contributed by atoms with van der Waals surface area (Å²) in [6.07, 6.45) is 1.24. The van der Waals surface area contributed by atoms with Gasteiger partial charge in [-0.1, -0.05) is 19.1 Å². The van der Waals surface area contributed by atoms with Crippen molar-refractivity contribution in [3.8, 4) is 5.75 Å². The largest absolute Gasteiger partial charge is 0.496 e. The van der Waals surface area contributed by atoms with Crippen molar-refractivity contribution in [1.29, 1.82) is 0 Å². The molecule has 0 aromatic heterocycles. The van der Waals surface area contributed by atoms with E-state index in [1.165, 1.54) is 17.5 Å². The summed E-state index contributed by atoms with van der Waals surface area (Å²) >= 11 is 0. The molecule has 88 valence electrons. The van der Waals surface area contributed by atoms with Crippen molar-refractivity contribution >= 4 is 0 Å². The molecule has 2 rings (SSSR count). The van der Waals surface area contributed by atoms with E-state index in [4.69, 9.17) is 4.74 Å². The van der Waals surface area contributed by atoms with Gasteiger partial charge < -0.3 is 10.1 Å². The number of hydrogen-bond donors (Lipinski definition) is 1. The summed E-state index contributed by atoms with van der Waals surface area (Å²) in [6, 6.07) is 6.60. The Labute approximate surface area is 98.0 Å². The molecule has 1 fully saturated rings. The summed E-state index contributed by atoms with van der Waals surface area (Å²) in [5, 5.41) is 3.45. The van der Waals surface area contributed by atoms with Gasteiger partial charge >= 0.3 is 0 Å². The van der Waals surface area contributed by atoms with Crippen LogP contribution in [0, 0.1) is 12.8 Å². The Kier molecular flexibility index (Phi) is 3.49. The second-order valence-corrected chi connectivity index (χ2v) is 4.81.